The van der Waals surface area contributed by atoms with Crippen LogP contribution in [0.1, 0.15) is 47.0 Å². The number of carbonyl (C=O) groups is 2. The predicted octanol–water partition coefficient (Wildman–Crippen LogP) is 2.09. The van der Waals surface area contributed by atoms with Gasteiger partial charge in [0.15, 0.2) is 0 Å². The third-order valence-electron chi connectivity index (χ3n) is 3.93. The molecule has 0 aromatic rings. The van der Waals surface area contributed by atoms with E-state index in [1.54, 1.807) is 4.90 Å². The van der Waals surface area contributed by atoms with Crippen LogP contribution >= 0.6 is 0 Å². The van der Waals surface area contributed by atoms with Crippen molar-refractivity contribution in [1.82, 2.24) is 10.2 Å². The molecule has 2 amide bonds. The average Bonchev–Trinajstić information content (AvgIpc) is 2.37. The average molecular weight is 300 g/mol. The molecule has 21 heavy (non-hydrogen) atoms. The lowest BCUT2D eigenvalue weighted by atomic mass is 9.93. The molecule has 1 aliphatic rings. The lowest BCUT2D eigenvalue weighted by Gasteiger charge is -2.37. The highest BCUT2D eigenvalue weighted by atomic mass is 16.5. The van der Waals surface area contributed by atoms with Gasteiger partial charge in [0.2, 0.25) is 0 Å². The number of hydrogen-bond donors (Lipinski definition) is 2. The molecule has 1 heterocycles. The maximum atomic E-state index is 12.4. The van der Waals surface area contributed by atoms with Crippen LogP contribution in [0, 0.1) is 5.92 Å². The molecule has 122 valence electrons. The predicted molar refractivity (Wildman–Crippen MR) is 80.2 cm³/mol. The van der Waals surface area contributed by atoms with Crippen LogP contribution in [0.4, 0.5) is 4.79 Å². The number of urea groups is 1. The summed E-state index contributed by atoms with van der Waals surface area (Å²) in [6.45, 7) is 9.44. The lowest BCUT2D eigenvalue weighted by molar-refractivity contribution is -0.137. The van der Waals surface area contributed by atoms with Crippen LogP contribution in [-0.2, 0) is 9.53 Å². The highest BCUT2D eigenvalue weighted by molar-refractivity contribution is 5.76. The third-order valence-corrected chi connectivity index (χ3v) is 3.93. The number of amides is 2. The molecule has 1 rings (SSSR count). The Bertz CT molecular complexity index is 359. The Morgan fingerprint density at radius 2 is 1.90 bits per heavy atom. The summed E-state index contributed by atoms with van der Waals surface area (Å²) in [5.41, 5.74) is -0.408. The van der Waals surface area contributed by atoms with Gasteiger partial charge in [0, 0.05) is 31.3 Å². The third kappa shape index (κ3) is 5.91. The molecule has 0 saturated carbocycles. The number of rotatable bonds is 5. The Hall–Kier alpha value is -1.30. The van der Waals surface area contributed by atoms with Crippen molar-refractivity contribution in [2.75, 3.05) is 19.8 Å². The van der Waals surface area contributed by atoms with Crippen molar-refractivity contribution in [2.45, 2.75) is 58.5 Å². The van der Waals surface area contributed by atoms with E-state index in [9.17, 15) is 9.59 Å². The van der Waals surface area contributed by atoms with Crippen LogP contribution in [0.5, 0.6) is 0 Å². The van der Waals surface area contributed by atoms with Crippen LogP contribution in [0.3, 0.4) is 0 Å². The number of hydrogen-bond acceptors (Lipinski definition) is 3. The van der Waals surface area contributed by atoms with Gasteiger partial charge in [-0.25, -0.2) is 4.79 Å². The minimum absolute atomic E-state index is 0.0453. The fourth-order valence-electron chi connectivity index (χ4n) is 2.56. The SMILES string of the molecule is CC(NC(=O)N(CCC(=O)O)C(C)(C)C)C1CCOCC1. The van der Waals surface area contributed by atoms with E-state index >= 15 is 0 Å². The molecule has 6 heteroatoms. The second-order valence-corrected chi connectivity index (χ2v) is 6.65. The Labute approximate surface area is 126 Å². The largest absolute Gasteiger partial charge is 0.481 e. The molecule has 1 atom stereocenters. The summed E-state index contributed by atoms with van der Waals surface area (Å²) in [5.74, 6) is -0.474. The van der Waals surface area contributed by atoms with Crippen LogP contribution in [0.25, 0.3) is 0 Å². The zero-order valence-corrected chi connectivity index (χ0v) is 13.5. The Morgan fingerprint density at radius 3 is 2.38 bits per heavy atom. The smallest absolute Gasteiger partial charge is 0.318 e. The van der Waals surface area contributed by atoms with Crippen molar-refractivity contribution in [3.05, 3.63) is 0 Å². The van der Waals surface area contributed by atoms with Gasteiger partial charge in [0.25, 0.3) is 0 Å². The van der Waals surface area contributed by atoms with Gasteiger partial charge < -0.3 is 20.1 Å². The van der Waals surface area contributed by atoms with Crippen LogP contribution in [0.2, 0.25) is 0 Å². The lowest BCUT2D eigenvalue weighted by Crippen LogP contribution is -2.54. The van der Waals surface area contributed by atoms with Gasteiger partial charge in [-0.2, -0.15) is 0 Å². The number of ether oxygens (including phenoxy) is 1. The number of carboxylic acid groups (broad SMARTS) is 1. The Morgan fingerprint density at radius 1 is 1.33 bits per heavy atom. The summed E-state index contributed by atoms with van der Waals surface area (Å²) in [6.07, 6.45) is 1.86. The topological polar surface area (TPSA) is 78.9 Å². The van der Waals surface area contributed by atoms with Crippen molar-refractivity contribution >= 4 is 12.0 Å². The van der Waals surface area contributed by atoms with Crippen molar-refractivity contribution in [1.29, 1.82) is 0 Å². The number of nitrogens with zero attached hydrogens (tertiary/aromatic N) is 1. The van der Waals surface area contributed by atoms with Crippen LogP contribution in [-0.4, -0.2) is 53.3 Å². The van der Waals surface area contributed by atoms with Gasteiger partial charge in [0.1, 0.15) is 0 Å². The minimum Gasteiger partial charge on any atom is -0.481 e. The highest BCUT2D eigenvalue weighted by Crippen LogP contribution is 2.20. The molecule has 1 unspecified atom stereocenters. The first kappa shape index (κ1) is 17.8. The maximum absolute atomic E-state index is 12.4. The van der Waals surface area contributed by atoms with E-state index in [-0.39, 0.29) is 25.0 Å². The molecular formula is C15H28N2O4. The molecule has 0 aromatic carbocycles. The number of carbonyl (C=O) groups excluding carboxylic acids is 1. The number of carboxylic acids is 1. The highest BCUT2D eigenvalue weighted by Gasteiger charge is 2.29. The number of aliphatic carboxylic acids is 1. The molecule has 1 fully saturated rings. The summed E-state index contributed by atoms with van der Waals surface area (Å²) in [4.78, 5) is 24.8. The van der Waals surface area contributed by atoms with E-state index in [1.165, 1.54) is 0 Å². The molecule has 0 aliphatic carbocycles. The van der Waals surface area contributed by atoms with Crippen LogP contribution < -0.4 is 5.32 Å². The number of nitrogens with one attached hydrogen (secondary N) is 1. The monoisotopic (exact) mass is 300 g/mol. The normalized spacial score (nSPS) is 18.1. The summed E-state index contributed by atoms with van der Waals surface area (Å²) < 4.78 is 5.33. The quantitative estimate of drug-likeness (QED) is 0.815. The Balaban J connectivity index is 2.60. The van der Waals surface area contributed by atoms with Gasteiger partial charge in [0.05, 0.1) is 6.42 Å². The zero-order valence-electron chi connectivity index (χ0n) is 13.5. The van der Waals surface area contributed by atoms with Crippen molar-refractivity contribution < 1.29 is 19.4 Å². The van der Waals surface area contributed by atoms with E-state index in [0.717, 1.165) is 26.1 Å². The van der Waals surface area contributed by atoms with Gasteiger partial charge in [-0.1, -0.05) is 0 Å². The summed E-state index contributed by atoms with van der Waals surface area (Å²) in [7, 11) is 0. The van der Waals surface area contributed by atoms with Crippen molar-refractivity contribution in [3.8, 4) is 0 Å². The van der Waals surface area contributed by atoms with E-state index < -0.39 is 11.5 Å². The fraction of sp³-hybridized carbons (Fsp3) is 0.867. The molecule has 0 aromatic heterocycles. The zero-order chi connectivity index (χ0) is 16.0. The molecule has 6 nitrogen and oxygen atoms in total. The first-order valence-electron chi connectivity index (χ1n) is 7.59. The van der Waals surface area contributed by atoms with Gasteiger partial charge in [-0.3, -0.25) is 4.79 Å². The van der Waals surface area contributed by atoms with Crippen molar-refractivity contribution in [3.63, 3.8) is 0 Å². The van der Waals surface area contributed by atoms with Crippen molar-refractivity contribution in [2.24, 2.45) is 5.92 Å². The summed E-state index contributed by atoms with van der Waals surface area (Å²) in [6, 6.07) is -0.126. The molecule has 1 saturated heterocycles. The molecule has 2 N–H and O–H groups in total. The maximum Gasteiger partial charge on any atom is 0.318 e. The van der Waals surface area contributed by atoms with E-state index in [1.807, 2.05) is 27.7 Å². The first-order valence-corrected chi connectivity index (χ1v) is 7.59. The van der Waals surface area contributed by atoms with Crippen LogP contribution in [0.15, 0.2) is 0 Å². The van der Waals surface area contributed by atoms with Gasteiger partial charge in [-0.15, -0.1) is 0 Å². The van der Waals surface area contributed by atoms with E-state index in [2.05, 4.69) is 5.32 Å². The summed E-state index contributed by atoms with van der Waals surface area (Å²) in [5, 5.41) is 11.8. The van der Waals surface area contributed by atoms with Gasteiger partial charge in [-0.05, 0) is 46.5 Å². The molecule has 0 radical (unpaired) electrons. The fourth-order valence-corrected chi connectivity index (χ4v) is 2.56. The summed E-state index contributed by atoms with van der Waals surface area (Å²) >= 11 is 0. The minimum atomic E-state index is -0.894. The molecule has 0 spiro atoms. The second kappa shape index (κ2) is 7.64. The first-order chi connectivity index (χ1) is 9.71. The second-order valence-electron chi connectivity index (χ2n) is 6.65. The van der Waals surface area contributed by atoms with E-state index in [4.69, 9.17) is 9.84 Å². The van der Waals surface area contributed by atoms with E-state index in [0.29, 0.717) is 5.92 Å². The standard InChI is InChI=1S/C15H28N2O4/c1-11(12-6-9-21-10-7-12)16-14(20)17(15(2,3)4)8-5-13(18)19/h11-12H,5-10H2,1-4H3,(H,16,20)(H,18,19). The molecular weight excluding hydrogens is 272 g/mol. The Kier molecular flexibility index (Phi) is 6.45. The van der Waals surface area contributed by atoms with Gasteiger partial charge >= 0.3 is 12.0 Å². The molecule has 0 bridgehead atoms. The molecule has 1 aliphatic heterocycles.